The van der Waals surface area contributed by atoms with Crippen molar-refractivity contribution in [2.75, 3.05) is 27.2 Å². The fourth-order valence-electron chi connectivity index (χ4n) is 2.75. The van der Waals surface area contributed by atoms with Gasteiger partial charge in [-0.1, -0.05) is 6.07 Å². The Balaban J connectivity index is 1.91. The Hall–Kier alpha value is -2.06. The monoisotopic (exact) mass is 301 g/mol. The van der Waals surface area contributed by atoms with Crippen molar-refractivity contribution in [3.05, 3.63) is 29.8 Å². The van der Waals surface area contributed by atoms with E-state index in [0.717, 1.165) is 25.9 Å². The molecule has 0 N–H and O–H groups in total. The van der Waals surface area contributed by atoms with E-state index < -0.39 is 6.10 Å². The Morgan fingerprint density at radius 2 is 2.09 bits per heavy atom. The molecule has 118 valence electrons. The van der Waals surface area contributed by atoms with E-state index in [1.165, 1.54) is 0 Å². The summed E-state index contributed by atoms with van der Waals surface area (Å²) < 4.78 is 5.69. The van der Waals surface area contributed by atoms with Crippen molar-refractivity contribution in [2.24, 2.45) is 0 Å². The lowest BCUT2D eigenvalue weighted by Crippen LogP contribution is -2.48. The van der Waals surface area contributed by atoms with Crippen LogP contribution in [0.4, 0.5) is 0 Å². The molecule has 0 aliphatic carbocycles. The average Bonchev–Trinajstić information content (AvgIpc) is 2.54. The van der Waals surface area contributed by atoms with Crippen molar-refractivity contribution in [1.29, 1.82) is 5.26 Å². The maximum Gasteiger partial charge on any atom is 0.263 e. The van der Waals surface area contributed by atoms with Crippen LogP contribution in [-0.4, -0.2) is 55.0 Å². The van der Waals surface area contributed by atoms with Gasteiger partial charge in [0.1, 0.15) is 5.75 Å². The zero-order valence-corrected chi connectivity index (χ0v) is 13.5. The van der Waals surface area contributed by atoms with E-state index in [2.05, 4.69) is 25.1 Å². The van der Waals surface area contributed by atoms with Gasteiger partial charge in [-0.3, -0.25) is 4.79 Å². The zero-order chi connectivity index (χ0) is 16.1. The van der Waals surface area contributed by atoms with Gasteiger partial charge >= 0.3 is 0 Å². The Morgan fingerprint density at radius 1 is 1.41 bits per heavy atom. The van der Waals surface area contributed by atoms with Crippen LogP contribution in [0.2, 0.25) is 0 Å². The Bertz CT molecular complexity index is 557. The second kappa shape index (κ2) is 7.28. The van der Waals surface area contributed by atoms with E-state index in [1.807, 2.05) is 4.90 Å². The third kappa shape index (κ3) is 3.99. The third-order valence-electron chi connectivity index (χ3n) is 4.13. The summed E-state index contributed by atoms with van der Waals surface area (Å²) in [5, 5.41) is 8.89. The molecule has 2 rings (SSSR count). The molecule has 0 aromatic heterocycles. The highest BCUT2D eigenvalue weighted by Gasteiger charge is 2.27. The van der Waals surface area contributed by atoms with Crippen LogP contribution < -0.4 is 4.74 Å². The van der Waals surface area contributed by atoms with Crippen molar-refractivity contribution in [2.45, 2.75) is 31.9 Å². The predicted octanol–water partition coefficient (Wildman–Crippen LogP) is 1.88. The largest absolute Gasteiger partial charge is 0.481 e. The number of carbonyl (C=O) groups is 1. The minimum atomic E-state index is -0.537. The molecule has 1 atom stereocenters. The maximum absolute atomic E-state index is 12.5. The maximum atomic E-state index is 12.5. The number of ether oxygens (including phenoxy) is 1. The van der Waals surface area contributed by atoms with Crippen molar-refractivity contribution < 1.29 is 9.53 Å². The predicted molar refractivity (Wildman–Crippen MR) is 84.5 cm³/mol. The minimum Gasteiger partial charge on any atom is -0.481 e. The van der Waals surface area contributed by atoms with Gasteiger partial charge in [-0.05, 0) is 52.1 Å². The molecule has 1 amide bonds. The fourth-order valence-corrected chi connectivity index (χ4v) is 2.75. The summed E-state index contributed by atoms with van der Waals surface area (Å²) in [7, 11) is 4.16. The van der Waals surface area contributed by atoms with Crippen LogP contribution in [0.15, 0.2) is 24.3 Å². The normalized spacial score (nSPS) is 17.1. The molecule has 0 bridgehead atoms. The highest BCUT2D eigenvalue weighted by atomic mass is 16.5. The Labute approximate surface area is 132 Å². The van der Waals surface area contributed by atoms with Crippen LogP contribution in [0, 0.1) is 11.3 Å². The van der Waals surface area contributed by atoms with Gasteiger partial charge in [-0.15, -0.1) is 0 Å². The van der Waals surface area contributed by atoms with Crippen LogP contribution in [-0.2, 0) is 4.79 Å². The molecule has 1 unspecified atom stereocenters. The molecule has 0 radical (unpaired) electrons. The van der Waals surface area contributed by atoms with Crippen molar-refractivity contribution in [3.63, 3.8) is 0 Å². The number of hydrogen-bond donors (Lipinski definition) is 0. The van der Waals surface area contributed by atoms with E-state index in [0.29, 0.717) is 17.4 Å². The summed E-state index contributed by atoms with van der Waals surface area (Å²) in [6, 6.07) is 9.51. The summed E-state index contributed by atoms with van der Waals surface area (Å²) in [4.78, 5) is 16.5. The lowest BCUT2D eigenvalue weighted by Gasteiger charge is -2.36. The first-order valence-corrected chi connectivity index (χ1v) is 7.63. The van der Waals surface area contributed by atoms with Gasteiger partial charge in [0.05, 0.1) is 11.6 Å². The molecule has 5 nitrogen and oxygen atoms in total. The van der Waals surface area contributed by atoms with Gasteiger partial charge in [0.2, 0.25) is 0 Å². The van der Waals surface area contributed by atoms with Crippen LogP contribution in [0.1, 0.15) is 25.3 Å². The minimum absolute atomic E-state index is 0.0135. The van der Waals surface area contributed by atoms with E-state index in [-0.39, 0.29) is 5.91 Å². The smallest absolute Gasteiger partial charge is 0.263 e. The molecule has 1 fully saturated rings. The summed E-state index contributed by atoms with van der Waals surface area (Å²) in [5.41, 5.74) is 0.531. The third-order valence-corrected chi connectivity index (χ3v) is 4.13. The van der Waals surface area contributed by atoms with Gasteiger partial charge in [0.15, 0.2) is 6.10 Å². The molecule has 5 heteroatoms. The number of amides is 1. The number of piperidine rings is 1. The number of nitriles is 1. The first-order chi connectivity index (χ1) is 10.5. The van der Waals surface area contributed by atoms with E-state index >= 15 is 0 Å². The fraction of sp³-hybridized carbons (Fsp3) is 0.529. The number of nitrogens with zero attached hydrogens (tertiary/aromatic N) is 3. The lowest BCUT2D eigenvalue weighted by molar-refractivity contribution is -0.139. The molecule has 1 aromatic rings. The Kier molecular flexibility index (Phi) is 5.40. The summed E-state index contributed by atoms with van der Waals surface area (Å²) >= 11 is 0. The highest BCUT2D eigenvalue weighted by Crippen LogP contribution is 2.18. The van der Waals surface area contributed by atoms with E-state index in [1.54, 1.807) is 31.2 Å². The van der Waals surface area contributed by atoms with Crippen LogP contribution >= 0.6 is 0 Å². The molecule has 1 aliphatic heterocycles. The lowest BCUT2D eigenvalue weighted by atomic mass is 10.0. The van der Waals surface area contributed by atoms with Crippen molar-refractivity contribution in [3.8, 4) is 11.8 Å². The van der Waals surface area contributed by atoms with Crippen molar-refractivity contribution >= 4 is 5.91 Å². The molecule has 0 saturated carbocycles. The van der Waals surface area contributed by atoms with E-state index in [9.17, 15) is 4.79 Å². The molecular weight excluding hydrogens is 278 g/mol. The Morgan fingerprint density at radius 3 is 2.68 bits per heavy atom. The number of carbonyl (C=O) groups excluding carboxylic acids is 1. The molecule has 1 heterocycles. The first kappa shape index (κ1) is 16.3. The van der Waals surface area contributed by atoms with Crippen molar-refractivity contribution in [1.82, 2.24) is 9.80 Å². The molecule has 1 aromatic carbocycles. The molecular formula is C17H23N3O2. The zero-order valence-electron chi connectivity index (χ0n) is 13.5. The van der Waals surface area contributed by atoms with Gasteiger partial charge in [-0.2, -0.15) is 5.26 Å². The number of hydrogen-bond acceptors (Lipinski definition) is 4. The molecule has 1 saturated heterocycles. The average molecular weight is 301 g/mol. The van der Waals surface area contributed by atoms with E-state index in [4.69, 9.17) is 10.00 Å². The molecule has 22 heavy (non-hydrogen) atoms. The van der Waals surface area contributed by atoms with Gasteiger partial charge in [0.25, 0.3) is 5.91 Å². The topological polar surface area (TPSA) is 56.6 Å². The summed E-state index contributed by atoms with van der Waals surface area (Å²) in [6.07, 6.45) is 1.45. The van der Waals surface area contributed by atoms with Gasteiger partial charge in [-0.25, -0.2) is 0 Å². The summed E-state index contributed by atoms with van der Waals surface area (Å²) in [6.45, 7) is 3.31. The number of rotatable bonds is 4. The molecule has 0 spiro atoms. The second-order valence-electron chi connectivity index (χ2n) is 5.92. The molecule has 1 aliphatic rings. The van der Waals surface area contributed by atoms with Crippen LogP contribution in [0.3, 0.4) is 0 Å². The van der Waals surface area contributed by atoms with Crippen LogP contribution in [0.25, 0.3) is 0 Å². The van der Waals surface area contributed by atoms with Crippen LogP contribution in [0.5, 0.6) is 5.75 Å². The number of benzene rings is 1. The SMILES string of the molecule is CC(Oc1cccc(C#N)c1)C(=O)N1CCC(N(C)C)CC1. The summed E-state index contributed by atoms with van der Waals surface area (Å²) in [5.74, 6) is 0.572. The van der Waals surface area contributed by atoms with Gasteiger partial charge in [0, 0.05) is 19.1 Å². The second-order valence-corrected chi connectivity index (χ2v) is 5.92. The highest BCUT2D eigenvalue weighted by molar-refractivity contribution is 5.81. The standard InChI is InChI=1S/C17H23N3O2/c1-13(22-16-6-4-5-14(11-16)12-18)17(21)20-9-7-15(8-10-20)19(2)3/h4-6,11,13,15H,7-10H2,1-3H3. The quantitative estimate of drug-likeness (QED) is 0.852. The first-order valence-electron chi connectivity index (χ1n) is 7.63. The van der Waals surface area contributed by atoms with Gasteiger partial charge < -0.3 is 14.5 Å². The number of likely N-dealkylation sites (tertiary alicyclic amines) is 1.